The van der Waals surface area contributed by atoms with Crippen molar-refractivity contribution in [2.24, 2.45) is 0 Å². The predicted molar refractivity (Wildman–Crippen MR) is 173 cm³/mol. The molecule has 0 amide bonds. The van der Waals surface area contributed by atoms with Crippen molar-refractivity contribution in [3.8, 4) is 11.1 Å². The minimum Gasteiger partial charge on any atom is -0.168 e. The molecule has 0 spiro atoms. The maximum Gasteiger partial charge on any atom is -0.0114 e. The second-order valence-electron chi connectivity index (χ2n) is 10.3. The van der Waals surface area contributed by atoms with Crippen LogP contribution in [-0.4, -0.2) is 3.21 Å². The quantitative estimate of drug-likeness (QED) is 0.132. The average molecular weight is 590 g/mol. The van der Waals surface area contributed by atoms with Crippen LogP contribution in [0, 0.1) is 0 Å². The van der Waals surface area contributed by atoms with E-state index in [0.29, 0.717) is 0 Å². The van der Waals surface area contributed by atoms with Gasteiger partial charge in [-0.25, -0.2) is 0 Å². The molecule has 0 atom stereocenters. The maximum atomic E-state index is 2.21. The Kier molecular flexibility index (Phi) is 7.67. The van der Waals surface area contributed by atoms with Crippen LogP contribution in [0.25, 0.3) is 65.0 Å². The Balaban J connectivity index is 0.000000129. The molecule has 0 N–H and O–H groups in total. The molecule has 8 aromatic rings. The van der Waals surface area contributed by atoms with E-state index in [2.05, 4.69) is 159 Å². The third-order valence-corrected chi connectivity index (χ3v) is 7.28. The Bertz CT molecular complexity index is 2090. The molecule has 0 heterocycles. The molecule has 8 aromatic carbocycles. The Morgan fingerprint density at radius 3 is 1.80 bits per heavy atom. The van der Waals surface area contributed by atoms with Crippen molar-refractivity contribution in [3.63, 3.8) is 0 Å². The third kappa shape index (κ3) is 5.27. The van der Waals surface area contributed by atoms with Gasteiger partial charge in [0, 0.05) is 0 Å². The molecule has 0 saturated heterocycles. The van der Waals surface area contributed by atoms with Crippen molar-refractivity contribution < 1.29 is 24.2 Å². The summed E-state index contributed by atoms with van der Waals surface area (Å²) in [5.74, 6) is 0. The zero-order chi connectivity index (χ0) is 27.5. The second-order valence-corrected chi connectivity index (χ2v) is 12.8. The van der Waals surface area contributed by atoms with Crippen LogP contribution in [0.2, 0.25) is 0 Å². The first-order valence-electron chi connectivity index (χ1n) is 13.7. The fourth-order valence-corrected chi connectivity index (χ4v) is 5.57. The van der Waals surface area contributed by atoms with E-state index in [9.17, 15) is 0 Å². The van der Waals surface area contributed by atoms with Crippen LogP contribution in [0.5, 0.6) is 0 Å². The molecule has 0 fully saturated rings. The zero-order valence-electron chi connectivity index (χ0n) is 22.9. The van der Waals surface area contributed by atoms with Gasteiger partial charge in [-0.3, -0.25) is 0 Å². The summed E-state index contributed by atoms with van der Waals surface area (Å²) >= 11 is 1.55. The molecular formula is C39H30Zr. The van der Waals surface area contributed by atoms with Crippen molar-refractivity contribution >= 4 is 57.1 Å². The topological polar surface area (TPSA) is 0 Å². The van der Waals surface area contributed by atoms with Crippen LogP contribution in [0.15, 0.2) is 146 Å². The van der Waals surface area contributed by atoms with Gasteiger partial charge in [-0.05, 0) is 21.7 Å². The molecule has 1 heteroatoms. The normalized spacial score (nSPS) is 10.9. The Hall–Kier alpha value is -3.93. The Morgan fingerprint density at radius 1 is 0.475 bits per heavy atom. The Labute approximate surface area is 250 Å². The average Bonchev–Trinajstić information content (AvgIpc) is 3.67. The van der Waals surface area contributed by atoms with Crippen molar-refractivity contribution in [1.29, 1.82) is 0 Å². The van der Waals surface area contributed by atoms with E-state index in [4.69, 9.17) is 0 Å². The first kappa shape index (κ1) is 26.3. The molecule has 0 aliphatic rings. The van der Waals surface area contributed by atoms with E-state index < -0.39 is 0 Å². The summed E-state index contributed by atoms with van der Waals surface area (Å²) in [6, 6.07) is 52.1. The number of rotatable bonds is 1. The van der Waals surface area contributed by atoms with Gasteiger partial charge >= 0.3 is 41.3 Å². The van der Waals surface area contributed by atoms with E-state index >= 15 is 0 Å². The standard InChI is InChI=1S/C19H13.C17H11.C3H6.Zr/c1-2-10-16-14(6-1)8-4-12-18(16)19-13-5-9-15-7-3-11-17(15)19;1-2-6-15-12(4-1)8-10-14-11-9-13-5-3-7-16(13)17(14)15;1-3-2;/h1-13H;1-11H;1-2H3;/q2*-1;;+2. The second kappa shape index (κ2) is 11.7. The number of fused-ring (bicyclic) bond motifs is 7. The summed E-state index contributed by atoms with van der Waals surface area (Å²) in [7, 11) is 0. The van der Waals surface area contributed by atoms with E-state index in [1.807, 2.05) is 0 Å². The van der Waals surface area contributed by atoms with Gasteiger partial charge in [0.15, 0.2) is 0 Å². The van der Waals surface area contributed by atoms with Crippen LogP contribution < -0.4 is 0 Å². The summed E-state index contributed by atoms with van der Waals surface area (Å²) in [6.07, 6.45) is 0. The van der Waals surface area contributed by atoms with E-state index in [1.54, 1.807) is 24.2 Å². The molecule has 0 unspecified atom stereocenters. The third-order valence-electron chi connectivity index (χ3n) is 7.28. The van der Waals surface area contributed by atoms with E-state index in [1.165, 1.54) is 68.2 Å². The summed E-state index contributed by atoms with van der Waals surface area (Å²) in [6.45, 7) is 4.25. The summed E-state index contributed by atoms with van der Waals surface area (Å²) in [5, 5.41) is 13.3. The van der Waals surface area contributed by atoms with Gasteiger partial charge in [0.1, 0.15) is 0 Å². The van der Waals surface area contributed by atoms with Gasteiger partial charge < -0.3 is 0 Å². The van der Waals surface area contributed by atoms with Crippen LogP contribution in [0.3, 0.4) is 0 Å². The van der Waals surface area contributed by atoms with Gasteiger partial charge in [0.25, 0.3) is 0 Å². The van der Waals surface area contributed by atoms with Crippen molar-refractivity contribution in [2.45, 2.75) is 13.8 Å². The molecule has 40 heavy (non-hydrogen) atoms. The SMILES string of the molecule is C[C](C)=[Zr+2].c1ccc2c(-c3cccc4[cH-]ccc34)cccc2c1.c1ccc2c(c1)ccc1ccc3cc[cH-]c3c12. The van der Waals surface area contributed by atoms with Crippen molar-refractivity contribution in [2.75, 3.05) is 0 Å². The van der Waals surface area contributed by atoms with Gasteiger partial charge in [-0.2, -0.15) is 24.3 Å². The molecule has 190 valence electrons. The molecule has 0 bridgehead atoms. The van der Waals surface area contributed by atoms with Gasteiger partial charge in [0.2, 0.25) is 0 Å². The summed E-state index contributed by atoms with van der Waals surface area (Å²) < 4.78 is 1.51. The molecule has 0 aromatic heterocycles. The Morgan fingerprint density at radius 2 is 1.02 bits per heavy atom. The number of hydrogen-bond donors (Lipinski definition) is 0. The van der Waals surface area contributed by atoms with Gasteiger partial charge in [-0.15, -0.1) is 51.9 Å². The molecule has 0 nitrogen and oxygen atoms in total. The molecular weight excluding hydrogens is 560 g/mol. The smallest absolute Gasteiger partial charge is 0.0114 e. The zero-order valence-corrected chi connectivity index (χ0v) is 25.3. The van der Waals surface area contributed by atoms with Crippen LogP contribution >= 0.6 is 0 Å². The van der Waals surface area contributed by atoms with Gasteiger partial charge in [0.05, 0.1) is 0 Å². The molecule has 0 radical (unpaired) electrons. The van der Waals surface area contributed by atoms with Crippen molar-refractivity contribution in [1.82, 2.24) is 0 Å². The number of benzene rings is 6. The molecule has 0 aliphatic carbocycles. The van der Waals surface area contributed by atoms with Crippen LogP contribution in [0.4, 0.5) is 0 Å². The first-order valence-corrected chi connectivity index (χ1v) is 14.9. The predicted octanol–water partition coefficient (Wildman–Crippen LogP) is 11.0. The molecule has 0 aliphatic heterocycles. The van der Waals surface area contributed by atoms with Crippen LogP contribution in [0.1, 0.15) is 13.8 Å². The monoisotopic (exact) mass is 588 g/mol. The molecule has 8 rings (SSSR count). The minimum absolute atomic E-state index is 1.29. The van der Waals surface area contributed by atoms with Crippen LogP contribution in [-0.2, 0) is 24.2 Å². The maximum absolute atomic E-state index is 2.21. The summed E-state index contributed by atoms with van der Waals surface area (Å²) in [4.78, 5) is 0. The largest absolute Gasteiger partial charge is 0.168 e. The fraction of sp³-hybridized carbons (Fsp3) is 0.0513. The van der Waals surface area contributed by atoms with Crippen molar-refractivity contribution in [3.05, 3.63) is 146 Å². The molecule has 0 saturated carbocycles. The van der Waals surface area contributed by atoms with E-state index in [0.717, 1.165) is 0 Å². The number of hydrogen-bond acceptors (Lipinski definition) is 0. The van der Waals surface area contributed by atoms with Gasteiger partial charge in [-0.1, -0.05) is 113 Å². The first-order chi connectivity index (χ1) is 19.6. The summed E-state index contributed by atoms with van der Waals surface area (Å²) in [5.41, 5.74) is 2.63. The minimum atomic E-state index is 1.29. The fourth-order valence-electron chi connectivity index (χ4n) is 5.57. The van der Waals surface area contributed by atoms with E-state index in [-0.39, 0.29) is 0 Å².